The molecule has 0 radical (unpaired) electrons. The molecule has 2 aromatic rings. The van der Waals surface area contributed by atoms with Gasteiger partial charge in [0.05, 0.1) is 0 Å². The van der Waals surface area contributed by atoms with Gasteiger partial charge in [-0.1, -0.05) is 67.5 Å². The van der Waals surface area contributed by atoms with Crippen molar-refractivity contribution < 1.29 is 0 Å². The van der Waals surface area contributed by atoms with Crippen LogP contribution in [0.5, 0.6) is 0 Å². The Morgan fingerprint density at radius 3 is 2.38 bits per heavy atom. The number of thioether (sulfide) groups is 1. The van der Waals surface area contributed by atoms with Gasteiger partial charge in [-0.05, 0) is 55.2 Å². The van der Waals surface area contributed by atoms with E-state index < -0.39 is 0 Å². The summed E-state index contributed by atoms with van der Waals surface area (Å²) in [5.74, 6) is 1.10. The summed E-state index contributed by atoms with van der Waals surface area (Å²) in [5.41, 5.74) is 3.18. The van der Waals surface area contributed by atoms with Crippen molar-refractivity contribution in [2.45, 2.75) is 44.0 Å². The maximum atomic E-state index is 6.60. The summed E-state index contributed by atoms with van der Waals surface area (Å²) in [4.78, 5) is 2.08. The lowest BCUT2D eigenvalue weighted by Gasteiger charge is -2.23. The highest BCUT2D eigenvalue weighted by Gasteiger charge is 2.25. The summed E-state index contributed by atoms with van der Waals surface area (Å²) in [6.07, 6.45) is 7.06. The number of anilines is 1. The fourth-order valence-corrected chi connectivity index (χ4v) is 4.90. The van der Waals surface area contributed by atoms with Gasteiger partial charge >= 0.3 is 0 Å². The standard InChI is InChI=1S/C25H32Cl2N4S/c1-8-11-23-28-29-25(31(23)21-14-12-20(13-15-21)30(6)7)32-24(17(4)9-2)18(5)22(27)16-19(26)10-3/h9-10,12-17,24H,2-3,8,11H2,1,4-7H3/b19-16+,22-18-. The molecule has 0 aliphatic carbocycles. The Hall–Kier alpha value is -1.95. The minimum Gasteiger partial charge on any atom is -0.378 e. The number of aromatic nitrogens is 3. The highest BCUT2D eigenvalue weighted by atomic mass is 35.5. The monoisotopic (exact) mass is 490 g/mol. The van der Waals surface area contributed by atoms with Crippen LogP contribution in [0.25, 0.3) is 5.69 Å². The van der Waals surface area contributed by atoms with E-state index in [9.17, 15) is 0 Å². The van der Waals surface area contributed by atoms with E-state index in [0.29, 0.717) is 10.1 Å². The summed E-state index contributed by atoms with van der Waals surface area (Å²) in [6, 6.07) is 8.42. The summed E-state index contributed by atoms with van der Waals surface area (Å²) >= 11 is 14.4. The third kappa shape index (κ3) is 6.53. The molecule has 0 saturated heterocycles. The molecule has 0 bridgehead atoms. The van der Waals surface area contributed by atoms with Crippen LogP contribution in [0.1, 0.15) is 33.0 Å². The molecule has 0 fully saturated rings. The van der Waals surface area contributed by atoms with Gasteiger partial charge in [0.15, 0.2) is 5.16 Å². The lowest BCUT2D eigenvalue weighted by molar-refractivity contribution is 0.725. The van der Waals surface area contributed by atoms with Gasteiger partial charge in [-0.2, -0.15) is 0 Å². The van der Waals surface area contributed by atoms with Gasteiger partial charge in [0.25, 0.3) is 0 Å². The first-order chi connectivity index (χ1) is 15.2. The average molecular weight is 492 g/mol. The van der Waals surface area contributed by atoms with Crippen LogP contribution in [-0.2, 0) is 6.42 Å². The molecule has 0 N–H and O–H groups in total. The predicted octanol–water partition coefficient (Wildman–Crippen LogP) is 7.39. The Morgan fingerprint density at radius 1 is 1.19 bits per heavy atom. The second kappa shape index (κ2) is 12.3. The van der Waals surface area contributed by atoms with E-state index in [1.165, 1.54) is 0 Å². The first-order valence-electron chi connectivity index (χ1n) is 10.6. The molecule has 0 aliphatic heterocycles. The van der Waals surface area contributed by atoms with Gasteiger partial charge in [-0.3, -0.25) is 4.57 Å². The fourth-order valence-electron chi connectivity index (χ4n) is 3.18. The number of allylic oxidation sites excluding steroid dienone is 5. The smallest absolute Gasteiger partial charge is 0.196 e. The third-order valence-corrected chi connectivity index (χ3v) is 7.33. The molecule has 0 spiro atoms. The molecular formula is C25H32Cl2N4S. The Bertz CT molecular complexity index is 990. The molecule has 0 saturated carbocycles. The van der Waals surface area contributed by atoms with Gasteiger partial charge in [-0.25, -0.2) is 0 Å². The first kappa shape index (κ1) is 26.3. The minimum absolute atomic E-state index is 0.0176. The van der Waals surface area contributed by atoms with Crippen LogP contribution in [0.2, 0.25) is 0 Å². The number of halogens is 2. The SMILES string of the molecule is C=C/C(Cl)=C\C(Cl)=C(/C)C(Sc1nnc(CCC)n1-c1ccc(N(C)C)cc1)C(C)C=C. The quantitative estimate of drug-likeness (QED) is 0.186. The normalized spacial score (nSPS) is 14.5. The van der Waals surface area contributed by atoms with Crippen LogP contribution < -0.4 is 4.90 Å². The van der Waals surface area contributed by atoms with Gasteiger partial charge in [-0.15, -0.1) is 16.8 Å². The first-order valence-corrected chi connectivity index (χ1v) is 12.2. The summed E-state index contributed by atoms with van der Waals surface area (Å²) in [6.45, 7) is 14.0. The zero-order valence-corrected chi connectivity index (χ0v) is 21.8. The van der Waals surface area contributed by atoms with E-state index in [2.05, 4.69) is 70.9 Å². The molecule has 7 heteroatoms. The highest BCUT2D eigenvalue weighted by molar-refractivity contribution is 8.00. The summed E-state index contributed by atoms with van der Waals surface area (Å²) < 4.78 is 2.14. The number of hydrogen-bond acceptors (Lipinski definition) is 4. The van der Waals surface area contributed by atoms with Gasteiger partial charge < -0.3 is 4.90 Å². The maximum Gasteiger partial charge on any atom is 0.196 e. The number of rotatable bonds is 11. The van der Waals surface area contributed by atoms with Crippen LogP contribution in [0.3, 0.4) is 0 Å². The van der Waals surface area contributed by atoms with E-state index >= 15 is 0 Å². The van der Waals surface area contributed by atoms with Crippen molar-refractivity contribution >= 4 is 40.7 Å². The minimum atomic E-state index is 0.0176. The van der Waals surface area contributed by atoms with E-state index in [1.807, 2.05) is 27.1 Å². The molecule has 1 aromatic heterocycles. The lowest BCUT2D eigenvalue weighted by Crippen LogP contribution is -2.16. The van der Waals surface area contributed by atoms with Gasteiger partial charge in [0, 0.05) is 47.2 Å². The maximum absolute atomic E-state index is 6.60. The van der Waals surface area contributed by atoms with E-state index in [-0.39, 0.29) is 11.2 Å². The molecule has 2 atom stereocenters. The highest BCUT2D eigenvalue weighted by Crippen LogP contribution is 2.37. The molecule has 2 rings (SSSR count). The number of aryl methyl sites for hydroxylation is 1. The fraction of sp³-hybridized carbons (Fsp3) is 0.360. The van der Waals surface area contributed by atoms with Crippen molar-refractivity contribution in [3.63, 3.8) is 0 Å². The largest absolute Gasteiger partial charge is 0.378 e. The van der Waals surface area contributed by atoms with Crippen LogP contribution in [0.15, 0.2) is 76.4 Å². The van der Waals surface area contributed by atoms with Crippen molar-refractivity contribution in [1.82, 2.24) is 14.8 Å². The molecule has 172 valence electrons. The second-order valence-electron chi connectivity index (χ2n) is 7.79. The van der Waals surface area contributed by atoms with Crippen molar-refractivity contribution in [2.75, 3.05) is 19.0 Å². The molecule has 0 amide bonds. The third-order valence-electron chi connectivity index (χ3n) is 5.14. The number of hydrogen-bond donors (Lipinski definition) is 0. The van der Waals surface area contributed by atoms with Crippen LogP contribution >= 0.6 is 35.0 Å². The van der Waals surface area contributed by atoms with Crippen molar-refractivity contribution in [2.24, 2.45) is 5.92 Å². The molecule has 0 aliphatic rings. The van der Waals surface area contributed by atoms with Crippen LogP contribution in [0, 0.1) is 5.92 Å². The van der Waals surface area contributed by atoms with E-state index in [0.717, 1.165) is 40.8 Å². The van der Waals surface area contributed by atoms with Gasteiger partial charge in [0.2, 0.25) is 0 Å². The van der Waals surface area contributed by atoms with Crippen LogP contribution in [-0.4, -0.2) is 34.1 Å². The predicted molar refractivity (Wildman–Crippen MR) is 141 cm³/mol. The van der Waals surface area contributed by atoms with E-state index in [1.54, 1.807) is 23.9 Å². The topological polar surface area (TPSA) is 34.0 Å². The van der Waals surface area contributed by atoms with E-state index in [4.69, 9.17) is 23.2 Å². The lowest BCUT2D eigenvalue weighted by atomic mass is 10.0. The average Bonchev–Trinajstić information content (AvgIpc) is 3.18. The summed E-state index contributed by atoms with van der Waals surface area (Å²) in [5, 5.41) is 11.0. The molecule has 32 heavy (non-hydrogen) atoms. The zero-order chi connectivity index (χ0) is 23.8. The molecular weight excluding hydrogens is 459 g/mol. The molecule has 1 heterocycles. The summed E-state index contributed by atoms with van der Waals surface area (Å²) in [7, 11) is 4.07. The Labute approximate surface area is 206 Å². The van der Waals surface area contributed by atoms with Crippen molar-refractivity contribution in [3.8, 4) is 5.69 Å². The van der Waals surface area contributed by atoms with Gasteiger partial charge in [0.1, 0.15) is 5.82 Å². The molecule has 1 aromatic carbocycles. The van der Waals surface area contributed by atoms with Crippen molar-refractivity contribution in [3.05, 3.63) is 77.1 Å². The Kier molecular flexibility index (Phi) is 10.1. The number of nitrogens with zero attached hydrogens (tertiary/aromatic N) is 4. The molecule has 4 nitrogen and oxygen atoms in total. The second-order valence-corrected chi connectivity index (χ2v) is 9.74. The Balaban J connectivity index is 2.53. The number of benzene rings is 1. The van der Waals surface area contributed by atoms with Crippen LogP contribution in [0.4, 0.5) is 5.69 Å². The van der Waals surface area contributed by atoms with Crippen molar-refractivity contribution in [1.29, 1.82) is 0 Å². The zero-order valence-electron chi connectivity index (χ0n) is 19.5. The Morgan fingerprint density at radius 2 is 1.84 bits per heavy atom. The molecule has 2 unspecified atom stereocenters.